The van der Waals surface area contributed by atoms with E-state index in [0.29, 0.717) is 12.1 Å². The van der Waals surface area contributed by atoms with Crippen LogP contribution in [0, 0.1) is 17.2 Å². The van der Waals surface area contributed by atoms with E-state index in [4.69, 9.17) is 0 Å². The van der Waals surface area contributed by atoms with Crippen molar-refractivity contribution in [1.82, 2.24) is 10.2 Å². The molecule has 0 radical (unpaired) electrons. The van der Waals surface area contributed by atoms with Crippen LogP contribution in [0.2, 0.25) is 0 Å². The maximum absolute atomic E-state index is 9.37. The molecule has 0 amide bonds. The van der Waals surface area contributed by atoms with Gasteiger partial charge < -0.3 is 4.90 Å². The predicted molar refractivity (Wildman–Crippen MR) is 81.0 cm³/mol. The van der Waals surface area contributed by atoms with Crippen LogP contribution in [0.5, 0.6) is 0 Å². The maximum atomic E-state index is 9.37. The molecule has 1 N–H and O–H groups in total. The summed E-state index contributed by atoms with van der Waals surface area (Å²) < 4.78 is 0. The summed E-state index contributed by atoms with van der Waals surface area (Å²) in [7, 11) is 2.23. The van der Waals surface area contributed by atoms with Crippen molar-refractivity contribution in [2.75, 3.05) is 13.6 Å². The van der Waals surface area contributed by atoms with Crippen molar-refractivity contribution in [3.8, 4) is 6.07 Å². The summed E-state index contributed by atoms with van der Waals surface area (Å²) in [6.45, 7) is 9.55. The minimum Gasteiger partial charge on any atom is -0.301 e. The average Bonchev–Trinajstić information content (AvgIpc) is 2.38. The molecule has 110 valence electrons. The molecule has 4 unspecified atom stereocenters. The van der Waals surface area contributed by atoms with Crippen molar-refractivity contribution in [3.63, 3.8) is 0 Å². The second-order valence-electron chi connectivity index (χ2n) is 6.62. The molecule has 19 heavy (non-hydrogen) atoms. The summed E-state index contributed by atoms with van der Waals surface area (Å²) >= 11 is 0. The summed E-state index contributed by atoms with van der Waals surface area (Å²) in [6.07, 6.45) is 6.25. The fraction of sp³-hybridized carbons (Fsp3) is 0.938. The van der Waals surface area contributed by atoms with Gasteiger partial charge in [-0.05, 0) is 52.6 Å². The van der Waals surface area contributed by atoms with Crippen LogP contribution in [0.3, 0.4) is 0 Å². The van der Waals surface area contributed by atoms with Gasteiger partial charge in [0.05, 0.1) is 6.07 Å². The summed E-state index contributed by atoms with van der Waals surface area (Å²) in [5.41, 5.74) is -0.400. The maximum Gasteiger partial charge on any atom is 0.105 e. The molecule has 4 atom stereocenters. The van der Waals surface area contributed by atoms with Crippen molar-refractivity contribution in [2.24, 2.45) is 5.92 Å². The molecule has 0 aromatic heterocycles. The molecule has 0 bridgehead atoms. The summed E-state index contributed by atoms with van der Waals surface area (Å²) in [5.74, 6) is 0.851. The second kappa shape index (κ2) is 7.26. The topological polar surface area (TPSA) is 39.1 Å². The largest absolute Gasteiger partial charge is 0.301 e. The lowest BCUT2D eigenvalue weighted by Gasteiger charge is -2.39. The van der Waals surface area contributed by atoms with E-state index in [1.807, 2.05) is 6.92 Å². The van der Waals surface area contributed by atoms with Crippen molar-refractivity contribution in [1.29, 1.82) is 5.26 Å². The van der Waals surface area contributed by atoms with Gasteiger partial charge >= 0.3 is 0 Å². The first kappa shape index (κ1) is 16.5. The molecule has 1 aliphatic rings. The molecule has 0 spiro atoms. The van der Waals surface area contributed by atoms with E-state index in [9.17, 15) is 5.26 Å². The monoisotopic (exact) mass is 265 g/mol. The third-order valence-electron chi connectivity index (χ3n) is 4.70. The van der Waals surface area contributed by atoms with Crippen LogP contribution >= 0.6 is 0 Å². The number of nitrogens with one attached hydrogen (secondary N) is 1. The lowest BCUT2D eigenvalue weighted by Crippen LogP contribution is -2.49. The number of rotatable bonds is 6. The van der Waals surface area contributed by atoms with E-state index < -0.39 is 5.54 Å². The fourth-order valence-corrected chi connectivity index (χ4v) is 3.41. The van der Waals surface area contributed by atoms with Crippen molar-refractivity contribution < 1.29 is 0 Å². The minimum atomic E-state index is -0.400. The predicted octanol–water partition coefficient (Wildman–Crippen LogP) is 3.17. The Balaban J connectivity index is 2.56. The zero-order valence-electron chi connectivity index (χ0n) is 13.4. The quantitative estimate of drug-likeness (QED) is 0.802. The van der Waals surface area contributed by atoms with E-state index in [-0.39, 0.29) is 0 Å². The Hall–Kier alpha value is -0.590. The van der Waals surface area contributed by atoms with Crippen molar-refractivity contribution >= 4 is 0 Å². The first-order valence-corrected chi connectivity index (χ1v) is 7.80. The van der Waals surface area contributed by atoms with Gasteiger partial charge in [0.15, 0.2) is 0 Å². The van der Waals surface area contributed by atoms with Crippen LogP contribution in [0.25, 0.3) is 0 Å². The highest BCUT2D eigenvalue weighted by atomic mass is 15.2. The Morgan fingerprint density at radius 3 is 2.68 bits per heavy atom. The first-order chi connectivity index (χ1) is 8.91. The average molecular weight is 265 g/mol. The molecule has 0 aromatic rings. The second-order valence-corrected chi connectivity index (χ2v) is 6.62. The van der Waals surface area contributed by atoms with Gasteiger partial charge in [-0.15, -0.1) is 0 Å². The van der Waals surface area contributed by atoms with Gasteiger partial charge in [0.2, 0.25) is 0 Å². The van der Waals surface area contributed by atoms with Gasteiger partial charge in [0.1, 0.15) is 5.54 Å². The van der Waals surface area contributed by atoms with Crippen LogP contribution in [-0.2, 0) is 0 Å². The molecule has 0 saturated heterocycles. The zero-order chi connectivity index (χ0) is 14.5. The third kappa shape index (κ3) is 4.78. The molecule has 1 aliphatic carbocycles. The van der Waals surface area contributed by atoms with Crippen LogP contribution in [0.1, 0.15) is 59.8 Å². The Morgan fingerprint density at radius 1 is 1.47 bits per heavy atom. The normalized spacial score (nSPS) is 28.7. The van der Waals surface area contributed by atoms with E-state index in [1.165, 1.54) is 25.7 Å². The van der Waals surface area contributed by atoms with Crippen LogP contribution < -0.4 is 5.32 Å². The summed E-state index contributed by atoms with van der Waals surface area (Å²) in [6, 6.07) is 3.58. The van der Waals surface area contributed by atoms with E-state index in [0.717, 1.165) is 18.9 Å². The number of nitrogens with zero attached hydrogens (tertiary/aromatic N) is 2. The highest BCUT2D eigenvalue weighted by Gasteiger charge is 2.30. The van der Waals surface area contributed by atoms with E-state index >= 15 is 0 Å². The third-order valence-corrected chi connectivity index (χ3v) is 4.70. The molecule has 1 fully saturated rings. The molecule has 0 aromatic carbocycles. The number of hydrogen-bond donors (Lipinski definition) is 1. The molecule has 0 aliphatic heterocycles. The van der Waals surface area contributed by atoms with Gasteiger partial charge in [-0.25, -0.2) is 0 Å². The molecular weight excluding hydrogens is 234 g/mol. The Bertz CT molecular complexity index is 310. The lowest BCUT2D eigenvalue weighted by atomic mass is 9.85. The smallest absolute Gasteiger partial charge is 0.105 e. The molecule has 3 heteroatoms. The lowest BCUT2D eigenvalue weighted by molar-refractivity contribution is 0.110. The fourth-order valence-electron chi connectivity index (χ4n) is 3.41. The van der Waals surface area contributed by atoms with Gasteiger partial charge in [-0.2, -0.15) is 5.26 Å². The summed E-state index contributed by atoms with van der Waals surface area (Å²) in [5, 5.41) is 12.7. The van der Waals surface area contributed by atoms with E-state index in [1.54, 1.807) is 0 Å². The minimum absolute atomic E-state index is 0.400. The highest BCUT2D eigenvalue weighted by molar-refractivity contribution is 5.05. The van der Waals surface area contributed by atoms with Gasteiger partial charge in [0.25, 0.3) is 0 Å². The Labute approximate surface area is 119 Å². The number of nitriles is 1. The molecule has 1 rings (SSSR count). The number of hydrogen-bond acceptors (Lipinski definition) is 3. The van der Waals surface area contributed by atoms with Crippen LogP contribution in [0.4, 0.5) is 0 Å². The standard InChI is InChI=1S/C16H31N3/c1-6-18-16(4,12-17)11-14(3)19(5)15-9-7-8-13(2)10-15/h13-15,18H,6-11H2,1-5H3. The molecule has 0 heterocycles. The highest BCUT2D eigenvalue weighted by Crippen LogP contribution is 2.29. The molecule has 3 nitrogen and oxygen atoms in total. The summed E-state index contributed by atoms with van der Waals surface area (Å²) in [4.78, 5) is 2.50. The SMILES string of the molecule is CCNC(C)(C#N)CC(C)N(C)C1CCCC(C)C1. The van der Waals surface area contributed by atoms with Crippen molar-refractivity contribution in [3.05, 3.63) is 0 Å². The van der Waals surface area contributed by atoms with Crippen LogP contribution in [-0.4, -0.2) is 36.1 Å². The Kier molecular flexibility index (Phi) is 6.29. The van der Waals surface area contributed by atoms with E-state index in [2.05, 4.69) is 44.1 Å². The van der Waals surface area contributed by atoms with Gasteiger partial charge in [0, 0.05) is 12.1 Å². The van der Waals surface area contributed by atoms with Gasteiger partial charge in [-0.3, -0.25) is 5.32 Å². The molecule has 1 saturated carbocycles. The van der Waals surface area contributed by atoms with Crippen molar-refractivity contribution in [2.45, 2.75) is 77.4 Å². The Morgan fingerprint density at radius 2 is 2.16 bits per heavy atom. The van der Waals surface area contributed by atoms with Crippen LogP contribution in [0.15, 0.2) is 0 Å². The first-order valence-electron chi connectivity index (χ1n) is 7.80. The zero-order valence-corrected chi connectivity index (χ0v) is 13.4. The van der Waals surface area contributed by atoms with Gasteiger partial charge in [-0.1, -0.05) is 26.7 Å². The molecular formula is C16H31N3.